The number of nitrogens with zero attached hydrogens (tertiary/aromatic N) is 4. The average Bonchev–Trinajstić information content (AvgIpc) is 2.80. The van der Waals surface area contributed by atoms with E-state index in [0.717, 1.165) is 37.3 Å². The van der Waals surface area contributed by atoms with Gasteiger partial charge in [0.2, 0.25) is 0 Å². The molecular formula is C16H18ClN5O. The molecule has 23 heavy (non-hydrogen) atoms. The van der Waals surface area contributed by atoms with Crippen molar-refractivity contribution in [2.75, 3.05) is 28.6 Å². The van der Waals surface area contributed by atoms with E-state index in [2.05, 4.69) is 26.1 Å². The van der Waals surface area contributed by atoms with Crippen molar-refractivity contribution in [1.82, 2.24) is 10.2 Å². The highest BCUT2D eigenvalue weighted by atomic mass is 35.5. The zero-order valence-corrected chi connectivity index (χ0v) is 13.3. The molecule has 120 valence electrons. The molecule has 2 atom stereocenters. The lowest BCUT2D eigenvalue weighted by Crippen LogP contribution is -2.54. The number of aromatic nitrogens is 2. The number of hydrogen-bond donors (Lipinski definition) is 2. The van der Waals surface area contributed by atoms with E-state index in [-0.39, 0.29) is 0 Å². The molecule has 2 aromatic rings. The van der Waals surface area contributed by atoms with Gasteiger partial charge in [0.05, 0.1) is 5.69 Å². The maximum Gasteiger partial charge on any atom is 0.169 e. The van der Waals surface area contributed by atoms with Crippen LogP contribution in [-0.2, 0) is 0 Å². The van der Waals surface area contributed by atoms with Gasteiger partial charge in [0.1, 0.15) is 5.75 Å². The number of phenolic OH excluding ortho intramolecular Hbond substituents is 1. The molecule has 0 aliphatic carbocycles. The number of nitrogens with two attached hydrogens (primary N) is 1. The molecule has 0 amide bonds. The number of rotatable bonds is 2. The molecule has 2 bridgehead atoms. The van der Waals surface area contributed by atoms with Crippen LogP contribution in [0.5, 0.6) is 5.75 Å². The number of halogens is 1. The van der Waals surface area contributed by atoms with Gasteiger partial charge in [-0.05, 0) is 25.0 Å². The quantitative estimate of drug-likeness (QED) is 0.879. The lowest BCUT2D eigenvalue weighted by atomic mass is 10.1. The molecule has 6 nitrogen and oxygen atoms in total. The second-order valence-electron chi connectivity index (χ2n) is 6.15. The van der Waals surface area contributed by atoms with Crippen molar-refractivity contribution >= 4 is 28.8 Å². The first-order valence-corrected chi connectivity index (χ1v) is 8.10. The SMILES string of the molecule is Nc1nnc(Cl)cc1N1C[C@H]2CC[C@@H](C1)N2c1cccc(O)c1. The molecule has 1 aromatic heterocycles. The van der Waals surface area contributed by atoms with Crippen LogP contribution in [0.3, 0.4) is 0 Å². The first-order valence-electron chi connectivity index (χ1n) is 7.73. The Labute approximate surface area is 139 Å². The van der Waals surface area contributed by atoms with Crippen molar-refractivity contribution in [3.63, 3.8) is 0 Å². The molecule has 3 heterocycles. The van der Waals surface area contributed by atoms with Crippen molar-refractivity contribution in [3.05, 3.63) is 35.5 Å². The van der Waals surface area contributed by atoms with Crippen LogP contribution in [0.4, 0.5) is 17.2 Å². The van der Waals surface area contributed by atoms with Crippen LogP contribution in [0, 0.1) is 0 Å². The molecule has 1 aromatic carbocycles. The zero-order valence-electron chi connectivity index (χ0n) is 12.6. The third kappa shape index (κ3) is 2.53. The molecule has 2 aliphatic heterocycles. The summed E-state index contributed by atoms with van der Waals surface area (Å²) in [7, 11) is 0. The fraction of sp³-hybridized carbons (Fsp3) is 0.375. The molecule has 7 heteroatoms. The molecule has 2 fully saturated rings. The van der Waals surface area contributed by atoms with Crippen LogP contribution in [0.2, 0.25) is 5.15 Å². The Morgan fingerprint density at radius 2 is 1.87 bits per heavy atom. The van der Waals surface area contributed by atoms with E-state index in [1.54, 1.807) is 12.1 Å². The second kappa shape index (κ2) is 5.45. The van der Waals surface area contributed by atoms with Crippen molar-refractivity contribution in [1.29, 1.82) is 0 Å². The van der Waals surface area contributed by atoms with E-state index in [0.29, 0.717) is 28.8 Å². The summed E-state index contributed by atoms with van der Waals surface area (Å²) in [5.74, 6) is 0.721. The topological polar surface area (TPSA) is 78.5 Å². The second-order valence-corrected chi connectivity index (χ2v) is 6.54. The van der Waals surface area contributed by atoms with Crippen LogP contribution < -0.4 is 15.5 Å². The molecular weight excluding hydrogens is 314 g/mol. The molecule has 3 N–H and O–H groups in total. The molecule has 0 radical (unpaired) electrons. The van der Waals surface area contributed by atoms with Gasteiger partial charge in [0, 0.05) is 43.0 Å². The fourth-order valence-corrected chi connectivity index (χ4v) is 3.94. The number of piperazine rings is 1. The summed E-state index contributed by atoms with van der Waals surface area (Å²) in [6.45, 7) is 1.72. The molecule has 0 unspecified atom stereocenters. The van der Waals surface area contributed by atoms with Crippen LogP contribution in [0.15, 0.2) is 30.3 Å². The molecule has 0 saturated carbocycles. The van der Waals surface area contributed by atoms with Gasteiger partial charge in [-0.2, -0.15) is 0 Å². The highest BCUT2D eigenvalue weighted by molar-refractivity contribution is 6.29. The smallest absolute Gasteiger partial charge is 0.169 e. The minimum Gasteiger partial charge on any atom is -0.508 e. The van der Waals surface area contributed by atoms with Crippen LogP contribution in [0.1, 0.15) is 12.8 Å². The van der Waals surface area contributed by atoms with Crippen molar-refractivity contribution in [2.24, 2.45) is 0 Å². The number of anilines is 3. The standard InChI is InChI=1S/C16H18ClN5O/c17-15-7-14(16(18)20-19-15)21-8-11-4-5-12(9-21)22(11)10-2-1-3-13(23)6-10/h1-3,6-7,11-12,23H,4-5,8-9H2,(H2,18,20)/t11-,12+. The van der Waals surface area contributed by atoms with E-state index in [1.165, 1.54) is 0 Å². The van der Waals surface area contributed by atoms with Gasteiger partial charge in [0.15, 0.2) is 11.0 Å². The summed E-state index contributed by atoms with van der Waals surface area (Å²) < 4.78 is 0. The van der Waals surface area contributed by atoms with Gasteiger partial charge in [-0.1, -0.05) is 17.7 Å². The van der Waals surface area contributed by atoms with E-state index in [4.69, 9.17) is 17.3 Å². The normalized spacial score (nSPS) is 23.3. The first kappa shape index (κ1) is 14.4. The Kier molecular flexibility index (Phi) is 3.41. The van der Waals surface area contributed by atoms with E-state index in [9.17, 15) is 5.11 Å². The Morgan fingerprint density at radius 1 is 1.13 bits per heavy atom. The lowest BCUT2D eigenvalue weighted by Gasteiger charge is -2.43. The van der Waals surface area contributed by atoms with Gasteiger partial charge in [-0.15, -0.1) is 10.2 Å². The first-order chi connectivity index (χ1) is 11.1. The number of fused-ring (bicyclic) bond motifs is 2. The lowest BCUT2D eigenvalue weighted by molar-refractivity contribution is 0.473. The molecule has 2 aliphatic rings. The van der Waals surface area contributed by atoms with Crippen LogP contribution in [0.25, 0.3) is 0 Å². The van der Waals surface area contributed by atoms with Gasteiger partial charge < -0.3 is 20.6 Å². The average molecular weight is 332 g/mol. The molecule has 0 spiro atoms. The van der Waals surface area contributed by atoms with Crippen LogP contribution >= 0.6 is 11.6 Å². The Hall–Kier alpha value is -2.21. The van der Waals surface area contributed by atoms with Gasteiger partial charge in [0.25, 0.3) is 0 Å². The van der Waals surface area contributed by atoms with E-state index >= 15 is 0 Å². The summed E-state index contributed by atoms with van der Waals surface area (Å²) in [5, 5.41) is 17.8. The van der Waals surface area contributed by atoms with Crippen molar-refractivity contribution in [2.45, 2.75) is 24.9 Å². The van der Waals surface area contributed by atoms with Gasteiger partial charge in [-0.3, -0.25) is 0 Å². The highest BCUT2D eigenvalue weighted by Crippen LogP contribution is 2.38. The highest BCUT2D eigenvalue weighted by Gasteiger charge is 2.40. The minimum absolute atomic E-state index is 0.304. The summed E-state index contributed by atoms with van der Waals surface area (Å²) >= 11 is 5.97. The third-order valence-electron chi connectivity index (χ3n) is 4.72. The summed E-state index contributed by atoms with van der Waals surface area (Å²) in [5.41, 5.74) is 7.92. The monoisotopic (exact) mass is 331 g/mol. The number of nitrogen functional groups attached to an aromatic ring is 1. The Balaban J connectivity index is 1.62. The zero-order chi connectivity index (χ0) is 16.0. The minimum atomic E-state index is 0.304. The Bertz CT molecular complexity index is 726. The summed E-state index contributed by atoms with van der Waals surface area (Å²) in [6, 6.07) is 10.0. The number of phenols is 1. The summed E-state index contributed by atoms with van der Waals surface area (Å²) in [6.07, 6.45) is 2.26. The molecule has 4 rings (SSSR count). The van der Waals surface area contributed by atoms with Crippen molar-refractivity contribution in [3.8, 4) is 5.75 Å². The van der Waals surface area contributed by atoms with E-state index < -0.39 is 0 Å². The fourth-order valence-electron chi connectivity index (χ4n) is 3.80. The molecule has 2 saturated heterocycles. The number of hydrogen-bond acceptors (Lipinski definition) is 6. The summed E-state index contributed by atoms with van der Waals surface area (Å²) in [4.78, 5) is 4.67. The Morgan fingerprint density at radius 3 is 2.57 bits per heavy atom. The number of aromatic hydroxyl groups is 1. The predicted molar refractivity (Wildman–Crippen MR) is 91.1 cm³/mol. The van der Waals surface area contributed by atoms with Crippen LogP contribution in [-0.4, -0.2) is 40.5 Å². The number of benzene rings is 1. The maximum atomic E-state index is 9.75. The largest absolute Gasteiger partial charge is 0.508 e. The third-order valence-corrected chi connectivity index (χ3v) is 4.91. The van der Waals surface area contributed by atoms with E-state index in [1.807, 2.05) is 12.1 Å². The maximum absolute atomic E-state index is 9.75. The van der Waals surface area contributed by atoms with Gasteiger partial charge >= 0.3 is 0 Å². The van der Waals surface area contributed by atoms with Gasteiger partial charge in [-0.25, -0.2) is 0 Å². The van der Waals surface area contributed by atoms with Crippen molar-refractivity contribution < 1.29 is 5.11 Å². The predicted octanol–water partition coefficient (Wildman–Crippen LogP) is 2.28.